The maximum atomic E-state index is 14.4. The zero-order valence-electron chi connectivity index (χ0n) is 24.9. The molecule has 1 spiro atoms. The summed E-state index contributed by atoms with van der Waals surface area (Å²) in [5, 5.41) is 16.8. The highest BCUT2D eigenvalue weighted by Gasteiger charge is 2.56. The summed E-state index contributed by atoms with van der Waals surface area (Å²) in [6.45, 7) is 9.53. The number of likely N-dealkylation sites (tertiary alicyclic amines) is 1. The molecule has 4 heterocycles. The number of nitrogens with one attached hydrogen (secondary N) is 2. The maximum Gasteiger partial charge on any atom is 0.246 e. The number of likely N-dealkylation sites (N-methyl/N-ethyl adjacent to an activating group) is 1. The van der Waals surface area contributed by atoms with Gasteiger partial charge in [-0.3, -0.25) is 25.1 Å². The minimum Gasteiger partial charge on any atom is -0.362 e. The monoisotopic (exact) mass is 576 g/mol. The lowest BCUT2D eigenvalue weighted by molar-refractivity contribution is -0.173. The van der Waals surface area contributed by atoms with Crippen LogP contribution in [0.2, 0.25) is 0 Å². The molecule has 0 bridgehead atoms. The van der Waals surface area contributed by atoms with Crippen molar-refractivity contribution in [1.82, 2.24) is 25.3 Å². The van der Waals surface area contributed by atoms with Gasteiger partial charge < -0.3 is 19.3 Å². The van der Waals surface area contributed by atoms with E-state index in [0.717, 1.165) is 25.8 Å². The van der Waals surface area contributed by atoms with Crippen LogP contribution in [0.1, 0.15) is 48.8 Å². The van der Waals surface area contributed by atoms with Crippen molar-refractivity contribution in [2.45, 2.75) is 88.3 Å². The molecule has 6 rings (SSSR count). The van der Waals surface area contributed by atoms with Gasteiger partial charge in [0.1, 0.15) is 5.60 Å². The van der Waals surface area contributed by atoms with Crippen molar-refractivity contribution in [2.24, 2.45) is 5.92 Å². The zero-order chi connectivity index (χ0) is 29.4. The van der Waals surface area contributed by atoms with E-state index in [9.17, 15) is 14.9 Å². The zero-order valence-corrected chi connectivity index (χ0v) is 24.9. The first kappa shape index (κ1) is 29.4. The number of ketones is 1. The molecule has 10 heteroatoms. The first-order valence-electron chi connectivity index (χ1n) is 15.5. The fraction of sp³-hybridized carbons (Fsp3) is 0.656. The van der Waals surface area contributed by atoms with E-state index in [1.165, 1.54) is 22.8 Å². The Morgan fingerprint density at radius 3 is 2.86 bits per heavy atom. The van der Waals surface area contributed by atoms with Crippen LogP contribution in [0.15, 0.2) is 30.9 Å². The average molecular weight is 577 g/mol. The number of ether oxygens (including phenoxy) is 2. The van der Waals surface area contributed by atoms with Gasteiger partial charge in [0, 0.05) is 38.0 Å². The number of carbonyl (C=O) groups is 2. The van der Waals surface area contributed by atoms with Crippen LogP contribution in [0.5, 0.6) is 0 Å². The van der Waals surface area contributed by atoms with Crippen LogP contribution in [0.4, 0.5) is 0 Å². The highest BCUT2D eigenvalue weighted by atomic mass is 16.5. The Morgan fingerprint density at radius 2 is 2.10 bits per heavy atom. The quantitative estimate of drug-likeness (QED) is 0.489. The summed E-state index contributed by atoms with van der Waals surface area (Å²) in [4.78, 5) is 33.4. The fourth-order valence-electron chi connectivity index (χ4n) is 7.84. The van der Waals surface area contributed by atoms with Crippen LogP contribution in [0.3, 0.4) is 0 Å². The van der Waals surface area contributed by atoms with Crippen molar-refractivity contribution in [3.8, 4) is 6.07 Å². The van der Waals surface area contributed by atoms with Crippen LogP contribution in [-0.2, 0) is 32.1 Å². The Labute approximate surface area is 249 Å². The number of aryl methyl sites for hydroxylation is 1. The van der Waals surface area contributed by atoms with Crippen LogP contribution in [-0.4, -0.2) is 102 Å². The van der Waals surface area contributed by atoms with E-state index in [1.807, 2.05) is 0 Å². The number of rotatable bonds is 6. The van der Waals surface area contributed by atoms with Crippen molar-refractivity contribution >= 4 is 11.7 Å². The second-order valence-electron chi connectivity index (χ2n) is 12.8. The summed E-state index contributed by atoms with van der Waals surface area (Å²) in [6.07, 6.45) is 5.28. The molecule has 2 N–H and O–H groups in total. The number of Topliss-reactive ketones (excluding diaryl/α,β-unsaturated/α-hetero) is 1. The number of hydrogen-bond donors (Lipinski definition) is 2. The van der Waals surface area contributed by atoms with E-state index in [0.29, 0.717) is 51.7 Å². The summed E-state index contributed by atoms with van der Waals surface area (Å²) in [5.41, 5.74) is 2.73. The predicted molar refractivity (Wildman–Crippen MR) is 157 cm³/mol. The topological polar surface area (TPSA) is 110 Å². The van der Waals surface area contributed by atoms with E-state index in [-0.39, 0.29) is 36.2 Å². The van der Waals surface area contributed by atoms with Gasteiger partial charge in [-0.05, 0) is 63.4 Å². The first-order valence-corrected chi connectivity index (χ1v) is 15.5. The number of fused-ring (bicyclic) bond motifs is 2. The Balaban J connectivity index is 1.24. The van der Waals surface area contributed by atoms with E-state index >= 15 is 0 Å². The van der Waals surface area contributed by atoms with E-state index in [2.05, 4.69) is 65.3 Å². The van der Waals surface area contributed by atoms with Crippen LogP contribution in [0.25, 0.3) is 0 Å². The molecule has 1 aliphatic carbocycles. The summed E-state index contributed by atoms with van der Waals surface area (Å²) in [7, 11) is 2.13. The van der Waals surface area contributed by atoms with Gasteiger partial charge in [-0.25, -0.2) is 0 Å². The number of carbonyl (C=O) groups excluding carboxylic acids is 2. The second-order valence-corrected chi connectivity index (χ2v) is 12.8. The van der Waals surface area contributed by atoms with Crippen molar-refractivity contribution < 1.29 is 19.1 Å². The van der Waals surface area contributed by atoms with Gasteiger partial charge in [0.25, 0.3) is 0 Å². The number of nitrogens with zero attached hydrogens (tertiary/aromatic N) is 4. The van der Waals surface area contributed by atoms with Crippen molar-refractivity contribution in [3.05, 3.63) is 47.5 Å². The summed E-state index contributed by atoms with van der Waals surface area (Å²) in [6, 6.07) is 8.38. The summed E-state index contributed by atoms with van der Waals surface area (Å²) in [5.74, 6) is -0.0331. The van der Waals surface area contributed by atoms with Gasteiger partial charge in [0.2, 0.25) is 5.91 Å². The lowest BCUT2D eigenvalue weighted by Gasteiger charge is -2.55. The van der Waals surface area contributed by atoms with E-state index in [1.54, 1.807) is 4.90 Å². The number of hydrogen-bond acceptors (Lipinski definition) is 9. The molecule has 10 nitrogen and oxygen atoms in total. The third-order valence-corrected chi connectivity index (χ3v) is 10.3. The second kappa shape index (κ2) is 12.2. The highest BCUT2D eigenvalue weighted by Crippen LogP contribution is 2.42. The Morgan fingerprint density at radius 1 is 1.24 bits per heavy atom. The van der Waals surface area contributed by atoms with E-state index in [4.69, 9.17) is 9.47 Å². The molecule has 6 unspecified atom stereocenters. The number of nitriles is 1. The third-order valence-electron chi connectivity index (χ3n) is 10.3. The molecular weight excluding hydrogens is 532 g/mol. The van der Waals surface area contributed by atoms with Gasteiger partial charge >= 0.3 is 0 Å². The summed E-state index contributed by atoms with van der Waals surface area (Å²) >= 11 is 0. The Bertz CT molecular complexity index is 1250. The van der Waals surface area contributed by atoms with Crippen LogP contribution in [0, 0.1) is 24.2 Å². The Hall–Kier alpha value is -2.65. The standard InChI is InChI=1S/C32H44N6O4/c1-4-27(39)38-15-14-37(18-24(38)10-12-33)30-26-9-11-32(17-22-8-7-21(2)16-23(22)19-42-32)29(40)28(26)34-31(35-30)41-20-25-6-5-13-36(25)3/h4,7-8,16,24-26,28,30-31,34-35H,1,5-6,9-11,13-15,17-20H2,2-3H3/t24?,25?,26?,28?,30?,31?,32-/m1/s1. The molecule has 42 heavy (non-hydrogen) atoms. The third kappa shape index (κ3) is 5.54. The largest absolute Gasteiger partial charge is 0.362 e. The number of benzene rings is 1. The molecule has 7 atom stereocenters. The van der Waals surface area contributed by atoms with Crippen molar-refractivity contribution in [3.63, 3.8) is 0 Å². The van der Waals surface area contributed by atoms with Gasteiger partial charge in [-0.15, -0.1) is 0 Å². The molecule has 4 fully saturated rings. The van der Waals surface area contributed by atoms with Gasteiger partial charge in [0.15, 0.2) is 12.1 Å². The maximum absolute atomic E-state index is 14.4. The molecule has 1 aromatic rings. The van der Waals surface area contributed by atoms with Crippen LogP contribution >= 0.6 is 0 Å². The molecule has 0 aromatic heterocycles. The molecule has 4 aliphatic heterocycles. The predicted octanol–water partition coefficient (Wildman–Crippen LogP) is 1.68. The lowest BCUT2D eigenvalue weighted by Crippen LogP contribution is -2.75. The van der Waals surface area contributed by atoms with Gasteiger partial charge in [0.05, 0.1) is 44.0 Å². The average Bonchev–Trinajstić information content (AvgIpc) is 3.42. The van der Waals surface area contributed by atoms with Crippen LogP contribution < -0.4 is 10.6 Å². The summed E-state index contributed by atoms with van der Waals surface area (Å²) < 4.78 is 12.9. The number of piperazine rings is 1. The molecule has 1 saturated carbocycles. The molecular formula is C32H44N6O4. The smallest absolute Gasteiger partial charge is 0.246 e. The van der Waals surface area contributed by atoms with E-state index < -0.39 is 18.0 Å². The van der Waals surface area contributed by atoms with Gasteiger partial charge in [-0.1, -0.05) is 30.3 Å². The molecule has 5 aliphatic rings. The fourth-order valence-corrected chi connectivity index (χ4v) is 7.84. The molecule has 0 radical (unpaired) electrons. The Kier molecular flexibility index (Phi) is 8.51. The molecule has 1 aromatic carbocycles. The lowest BCUT2D eigenvalue weighted by atomic mass is 9.68. The SMILES string of the molecule is C=CC(=O)N1CCN(C2NC(OCC3CCCN3C)NC3C(=O)[C@@]4(CCC32)Cc2ccc(C)cc2CO4)CC1CC#N. The first-order chi connectivity index (χ1) is 20.3. The minimum absolute atomic E-state index is 0.00420. The minimum atomic E-state index is -0.840. The molecule has 226 valence electrons. The molecule has 1 amide bonds. The number of amides is 1. The van der Waals surface area contributed by atoms with Crippen molar-refractivity contribution in [1.29, 1.82) is 5.26 Å². The molecule has 3 saturated heterocycles. The van der Waals surface area contributed by atoms with Crippen molar-refractivity contribution in [2.75, 3.05) is 39.8 Å². The normalized spacial score (nSPS) is 35.5. The van der Waals surface area contributed by atoms with Gasteiger partial charge in [-0.2, -0.15) is 5.26 Å². The highest BCUT2D eigenvalue weighted by molar-refractivity contribution is 5.94.